The van der Waals surface area contributed by atoms with E-state index in [0.717, 1.165) is 27.3 Å². The SMILES string of the molecule is O=P(c1ccccc1)(c1ccc(NC2CCCCC2)cc1)c1ccc(NC2CCCCC2)cc1. The predicted octanol–water partition coefficient (Wildman–Crippen LogP) is 6.82. The zero-order valence-corrected chi connectivity index (χ0v) is 21.0. The van der Waals surface area contributed by atoms with Crippen molar-refractivity contribution in [2.45, 2.75) is 76.3 Å². The number of rotatable bonds is 7. The summed E-state index contributed by atoms with van der Waals surface area (Å²) in [6.07, 6.45) is 12.9. The first-order valence-corrected chi connectivity index (χ1v) is 14.8. The van der Waals surface area contributed by atoms with E-state index in [2.05, 4.69) is 59.2 Å². The Bertz CT molecular complexity index is 1020. The Morgan fingerprint density at radius 2 is 0.882 bits per heavy atom. The van der Waals surface area contributed by atoms with E-state index in [9.17, 15) is 4.57 Å². The lowest BCUT2D eigenvalue weighted by Gasteiger charge is -2.25. The van der Waals surface area contributed by atoms with Crippen LogP contribution >= 0.6 is 7.14 Å². The number of benzene rings is 3. The molecule has 2 N–H and O–H groups in total. The molecule has 0 bridgehead atoms. The van der Waals surface area contributed by atoms with Gasteiger partial charge < -0.3 is 15.2 Å². The van der Waals surface area contributed by atoms with Crippen molar-refractivity contribution >= 4 is 34.4 Å². The highest BCUT2D eigenvalue weighted by molar-refractivity contribution is 7.85. The fourth-order valence-electron chi connectivity index (χ4n) is 5.59. The van der Waals surface area contributed by atoms with Gasteiger partial charge in [-0.25, -0.2) is 0 Å². The summed E-state index contributed by atoms with van der Waals surface area (Å²) in [6.45, 7) is 0. The Labute approximate surface area is 204 Å². The molecule has 2 saturated carbocycles. The first-order valence-electron chi connectivity index (χ1n) is 13.1. The van der Waals surface area contributed by atoms with Crippen LogP contribution < -0.4 is 26.5 Å². The summed E-state index contributed by atoms with van der Waals surface area (Å²) in [5, 5.41) is 10.0. The maximum atomic E-state index is 14.8. The Morgan fingerprint density at radius 1 is 0.500 bits per heavy atom. The van der Waals surface area contributed by atoms with Gasteiger partial charge in [-0.2, -0.15) is 0 Å². The molecule has 4 heteroatoms. The molecule has 3 nitrogen and oxygen atoms in total. The van der Waals surface area contributed by atoms with E-state index in [1.807, 2.05) is 30.3 Å². The summed E-state index contributed by atoms with van der Waals surface area (Å²) in [6, 6.07) is 27.8. The second kappa shape index (κ2) is 10.8. The normalized spacial score (nSPS) is 17.9. The molecule has 0 heterocycles. The lowest BCUT2D eigenvalue weighted by atomic mass is 9.95. The van der Waals surface area contributed by atoms with Crippen LogP contribution in [0.5, 0.6) is 0 Å². The van der Waals surface area contributed by atoms with Gasteiger partial charge in [-0.15, -0.1) is 0 Å². The van der Waals surface area contributed by atoms with Crippen LogP contribution in [-0.2, 0) is 4.57 Å². The van der Waals surface area contributed by atoms with E-state index >= 15 is 0 Å². The fourth-order valence-corrected chi connectivity index (χ4v) is 8.21. The van der Waals surface area contributed by atoms with Crippen molar-refractivity contribution in [2.75, 3.05) is 10.6 Å². The quantitative estimate of drug-likeness (QED) is 0.371. The fraction of sp³-hybridized carbons (Fsp3) is 0.400. The molecule has 0 saturated heterocycles. The second-order valence-electron chi connectivity index (χ2n) is 10.00. The molecule has 0 aromatic heterocycles. The van der Waals surface area contributed by atoms with Crippen molar-refractivity contribution in [1.82, 2.24) is 0 Å². The molecule has 0 radical (unpaired) electrons. The summed E-state index contributed by atoms with van der Waals surface area (Å²) in [5.41, 5.74) is 2.25. The molecule has 0 amide bonds. The summed E-state index contributed by atoms with van der Waals surface area (Å²) in [7, 11) is -2.96. The van der Waals surface area contributed by atoms with Crippen LogP contribution in [0, 0.1) is 0 Å². The molecule has 3 aromatic carbocycles. The first-order chi connectivity index (χ1) is 16.7. The number of hydrogen-bond donors (Lipinski definition) is 2. The van der Waals surface area contributed by atoms with E-state index in [1.54, 1.807) is 0 Å². The molecule has 178 valence electrons. The highest BCUT2D eigenvalue weighted by Crippen LogP contribution is 2.42. The van der Waals surface area contributed by atoms with Gasteiger partial charge in [0.1, 0.15) is 0 Å². The van der Waals surface area contributed by atoms with Crippen molar-refractivity contribution in [3.05, 3.63) is 78.9 Å². The summed E-state index contributed by atoms with van der Waals surface area (Å²) < 4.78 is 14.8. The van der Waals surface area contributed by atoms with E-state index in [0.29, 0.717) is 12.1 Å². The maximum Gasteiger partial charge on any atom is 0.171 e. The van der Waals surface area contributed by atoms with Crippen LogP contribution in [0.25, 0.3) is 0 Å². The monoisotopic (exact) mass is 472 g/mol. The molecule has 0 spiro atoms. The van der Waals surface area contributed by atoms with Crippen LogP contribution in [-0.4, -0.2) is 12.1 Å². The summed E-state index contributed by atoms with van der Waals surface area (Å²) >= 11 is 0. The molecule has 5 rings (SSSR count). The summed E-state index contributed by atoms with van der Waals surface area (Å²) in [4.78, 5) is 0. The van der Waals surface area contributed by atoms with E-state index in [4.69, 9.17) is 0 Å². The minimum atomic E-state index is -2.96. The summed E-state index contributed by atoms with van der Waals surface area (Å²) in [5.74, 6) is 0. The highest BCUT2D eigenvalue weighted by Gasteiger charge is 2.29. The van der Waals surface area contributed by atoms with E-state index in [-0.39, 0.29) is 0 Å². The average molecular weight is 473 g/mol. The molecule has 2 fully saturated rings. The standard InChI is InChI=1S/C30H37N2OP/c33-34(28-14-8-3-9-15-28,29-20-16-26(17-21-29)31-24-10-4-1-5-11-24)30-22-18-27(19-23-30)32-25-12-6-2-7-13-25/h3,8-9,14-25,31-32H,1-2,4-7,10-13H2. The van der Waals surface area contributed by atoms with Gasteiger partial charge in [-0.1, -0.05) is 68.9 Å². The van der Waals surface area contributed by atoms with Crippen molar-refractivity contribution in [1.29, 1.82) is 0 Å². The number of hydrogen-bond acceptors (Lipinski definition) is 3. The second-order valence-corrected chi connectivity index (χ2v) is 12.8. The Hall–Kier alpha value is -2.51. The Morgan fingerprint density at radius 3 is 1.29 bits per heavy atom. The van der Waals surface area contributed by atoms with E-state index in [1.165, 1.54) is 64.2 Å². The molecular weight excluding hydrogens is 435 g/mol. The molecule has 0 atom stereocenters. The Balaban J connectivity index is 1.41. The maximum absolute atomic E-state index is 14.8. The van der Waals surface area contributed by atoms with Crippen LogP contribution in [0.2, 0.25) is 0 Å². The van der Waals surface area contributed by atoms with Gasteiger partial charge in [0.15, 0.2) is 7.14 Å². The molecular formula is C30H37N2OP. The van der Waals surface area contributed by atoms with Gasteiger partial charge in [-0.3, -0.25) is 0 Å². The third-order valence-electron chi connectivity index (χ3n) is 7.53. The van der Waals surface area contributed by atoms with Gasteiger partial charge in [0.25, 0.3) is 0 Å². The zero-order valence-electron chi connectivity index (χ0n) is 20.1. The van der Waals surface area contributed by atoms with Crippen LogP contribution in [0.4, 0.5) is 11.4 Å². The third kappa shape index (κ3) is 5.26. The Kier molecular flexibility index (Phi) is 7.40. The zero-order chi connectivity index (χ0) is 23.2. The van der Waals surface area contributed by atoms with E-state index < -0.39 is 7.14 Å². The molecule has 0 unspecified atom stereocenters. The highest BCUT2D eigenvalue weighted by atomic mass is 31.2. The van der Waals surface area contributed by atoms with Crippen LogP contribution in [0.1, 0.15) is 64.2 Å². The smallest absolute Gasteiger partial charge is 0.171 e. The lowest BCUT2D eigenvalue weighted by Crippen LogP contribution is -2.26. The molecule has 34 heavy (non-hydrogen) atoms. The van der Waals surface area contributed by atoms with Crippen molar-refractivity contribution in [2.24, 2.45) is 0 Å². The van der Waals surface area contributed by atoms with Crippen molar-refractivity contribution in [3.8, 4) is 0 Å². The van der Waals surface area contributed by atoms with Crippen molar-refractivity contribution < 1.29 is 4.57 Å². The minimum absolute atomic E-state index is 0.560. The number of anilines is 2. The van der Waals surface area contributed by atoms with Gasteiger partial charge in [0, 0.05) is 39.4 Å². The van der Waals surface area contributed by atoms with Gasteiger partial charge >= 0.3 is 0 Å². The largest absolute Gasteiger partial charge is 0.382 e. The van der Waals surface area contributed by atoms with Crippen molar-refractivity contribution in [3.63, 3.8) is 0 Å². The first kappa shape index (κ1) is 23.2. The van der Waals surface area contributed by atoms with Crippen LogP contribution in [0.15, 0.2) is 78.9 Å². The lowest BCUT2D eigenvalue weighted by molar-refractivity contribution is 0.463. The molecule has 2 aliphatic carbocycles. The molecule has 0 aliphatic heterocycles. The molecule has 3 aromatic rings. The van der Waals surface area contributed by atoms with Gasteiger partial charge in [0.05, 0.1) is 0 Å². The third-order valence-corrected chi connectivity index (χ3v) is 10.6. The van der Waals surface area contributed by atoms with Gasteiger partial charge in [-0.05, 0) is 74.2 Å². The van der Waals surface area contributed by atoms with Crippen LogP contribution in [0.3, 0.4) is 0 Å². The minimum Gasteiger partial charge on any atom is -0.382 e. The topological polar surface area (TPSA) is 41.1 Å². The van der Waals surface area contributed by atoms with Gasteiger partial charge in [0.2, 0.25) is 0 Å². The molecule has 2 aliphatic rings. The average Bonchev–Trinajstić information content (AvgIpc) is 2.91. The number of nitrogens with one attached hydrogen (secondary N) is 2. The predicted molar refractivity (Wildman–Crippen MR) is 147 cm³/mol.